The van der Waals surface area contributed by atoms with Gasteiger partial charge in [-0.3, -0.25) is 14.2 Å². The predicted octanol–water partition coefficient (Wildman–Crippen LogP) is 4.51. The van der Waals surface area contributed by atoms with Gasteiger partial charge in [0.1, 0.15) is 5.82 Å². The topological polar surface area (TPSA) is 55.2 Å². The lowest BCUT2D eigenvalue weighted by atomic mass is 9.96. The summed E-state index contributed by atoms with van der Waals surface area (Å²) in [6.45, 7) is 0.412. The molecule has 3 aromatic carbocycles. The van der Waals surface area contributed by atoms with E-state index in [0.717, 1.165) is 21.3 Å². The molecule has 0 fully saturated rings. The van der Waals surface area contributed by atoms with Crippen molar-refractivity contribution in [1.82, 2.24) is 9.55 Å². The minimum absolute atomic E-state index is 0.0155. The molecule has 0 unspecified atom stereocenters. The lowest BCUT2D eigenvalue weighted by Gasteiger charge is -2.17. The summed E-state index contributed by atoms with van der Waals surface area (Å²) in [5.41, 5.74) is 3.44. The molecule has 1 amide bonds. The van der Waals surface area contributed by atoms with Crippen LogP contribution in [-0.2, 0) is 17.8 Å². The molecule has 4 aromatic rings. The van der Waals surface area contributed by atoms with E-state index in [1.54, 1.807) is 22.6 Å². The third-order valence-corrected chi connectivity index (χ3v) is 6.36. The normalized spacial score (nSPS) is 15.5. The first-order chi connectivity index (χ1) is 15.0. The summed E-state index contributed by atoms with van der Waals surface area (Å²) in [5, 5.41) is 0.584. The average molecular weight is 474 g/mol. The molecule has 31 heavy (non-hydrogen) atoms. The van der Waals surface area contributed by atoms with Crippen molar-refractivity contribution in [3.8, 4) is 0 Å². The molecule has 0 radical (unpaired) electrons. The highest BCUT2D eigenvalue weighted by atomic mass is 79.9. The Morgan fingerprint density at radius 3 is 2.52 bits per heavy atom. The van der Waals surface area contributed by atoms with Crippen LogP contribution in [0.2, 0.25) is 0 Å². The molecule has 1 aliphatic heterocycles. The van der Waals surface area contributed by atoms with Crippen LogP contribution in [0.1, 0.15) is 22.9 Å². The van der Waals surface area contributed by atoms with E-state index >= 15 is 0 Å². The van der Waals surface area contributed by atoms with Crippen LogP contribution in [0.25, 0.3) is 10.9 Å². The van der Waals surface area contributed by atoms with Crippen molar-refractivity contribution in [2.75, 3.05) is 11.9 Å². The Kier molecular flexibility index (Phi) is 4.94. The lowest BCUT2D eigenvalue weighted by molar-refractivity contribution is -0.119. The molecule has 1 aromatic heterocycles. The number of rotatable bonds is 4. The van der Waals surface area contributed by atoms with Gasteiger partial charge in [-0.05, 0) is 41.5 Å². The largest absolute Gasteiger partial charge is 0.315 e. The molecule has 1 aliphatic rings. The smallest absolute Gasteiger partial charge is 0.261 e. The van der Waals surface area contributed by atoms with Gasteiger partial charge in [0.2, 0.25) is 5.91 Å². The van der Waals surface area contributed by atoms with E-state index in [4.69, 9.17) is 4.98 Å². The third kappa shape index (κ3) is 3.47. The molecule has 0 saturated heterocycles. The van der Waals surface area contributed by atoms with Crippen LogP contribution in [0.5, 0.6) is 0 Å². The molecule has 2 heterocycles. The molecule has 0 saturated carbocycles. The number of benzene rings is 3. The zero-order valence-corrected chi connectivity index (χ0v) is 18.5. The molecule has 5 rings (SSSR count). The highest BCUT2D eigenvalue weighted by Gasteiger charge is 2.36. The summed E-state index contributed by atoms with van der Waals surface area (Å²) in [4.78, 5) is 33.0. The highest BCUT2D eigenvalue weighted by molar-refractivity contribution is 9.10. The van der Waals surface area contributed by atoms with E-state index in [-0.39, 0.29) is 17.4 Å². The molecule has 154 valence electrons. The number of para-hydroxylation sites is 1. The number of likely N-dealkylation sites (N-methyl/N-ethyl adjacent to an activating group) is 1. The van der Waals surface area contributed by atoms with Crippen molar-refractivity contribution in [2.45, 2.75) is 18.9 Å². The van der Waals surface area contributed by atoms with Gasteiger partial charge in [-0.15, -0.1) is 0 Å². The van der Waals surface area contributed by atoms with Crippen molar-refractivity contribution < 1.29 is 4.79 Å². The first-order valence-electron chi connectivity index (χ1n) is 10.1. The molecule has 0 aliphatic carbocycles. The Balaban J connectivity index is 1.64. The van der Waals surface area contributed by atoms with Crippen LogP contribution < -0.4 is 10.5 Å². The summed E-state index contributed by atoms with van der Waals surface area (Å²) in [7, 11) is 1.79. The maximum atomic E-state index is 13.4. The minimum Gasteiger partial charge on any atom is -0.315 e. The summed E-state index contributed by atoms with van der Waals surface area (Å²) in [5.74, 6) is 0.251. The van der Waals surface area contributed by atoms with Crippen LogP contribution in [0.3, 0.4) is 0 Å². The quantitative estimate of drug-likeness (QED) is 0.438. The van der Waals surface area contributed by atoms with E-state index in [0.29, 0.717) is 29.7 Å². The fourth-order valence-corrected chi connectivity index (χ4v) is 4.65. The van der Waals surface area contributed by atoms with Gasteiger partial charge in [0, 0.05) is 23.6 Å². The number of nitrogens with zero attached hydrogens (tertiary/aromatic N) is 3. The molecular formula is C25H20BrN3O2. The number of carbonyl (C=O) groups excluding carboxylic acids is 1. The third-order valence-electron chi connectivity index (χ3n) is 5.87. The van der Waals surface area contributed by atoms with Crippen LogP contribution >= 0.6 is 15.9 Å². The van der Waals surface area contributed by atoms with Crippen LogP contribution in [0.4, 0.5) is 5.69 Å². The molecule has 0 spiro atoms. The van der Waals surface area contributed by atoms with Gasteiger partial charge in [-0.1, -0.05) is 58.4 Å². The maximum absolute atomic E-state index is 13.4. The first-order valence-corrected chi connectivity index (χ1v) is 10.9. The fraction of sp³-hybridized carbons (Fsp3) is 0.160. The van der Waals surface area contributed by atoms with Gasteiger partial charge >= 0.3 is 0 Å². The number of anilines is 1. The van der Waals surface area contributed by atoms with E-state index in [2.05, 4.69) is 15.9 Å². The second kappa shape index (κ2) is 7.78. The van der Waals surface area contributed by atoms with Crippen molar-refractivity contribution in [3.05, 3.63) is 105 Å². The van der Waals surface area contributed by atoms with Crippen LogP contribution in [-0.4, -0.2) is 22.5 Å². The molecular weight excluding hydrogens is 454 g/mol. The second-order valence-electron chi connectivity index (χ2n) is 7.78. The number of amides is 1. The highest BCUT2D eigenvalue weighted by Crippen LogP contribution is 2.39. The van der Waals surface area contributed by atoms with E-state index < -0.39 is 0 Å². The van der Waals surface area contributed by atoms with E-state index in [1.807, 2.05) is 66.7 Å². The number of hydrogen-bond donors (Lipinski definition) is 0. The Bertz CT molecular complexity index is 1360. The summed E-state index contributed by atoms with van der Waals surface area (Å²) >= 11 is 3.52. The van der Waals surface area contributed by atoms with Gasteiger partial charge in [0.15, 0.2) is 0 Å². The zero-order valence-electron chi connectivity index (χ0n) is 17.0. The van der Waals surface area contributed by atoms with E-state index in [9.17, 15) is 9.59 Å². The van der Waals surface area contributed by atoms with Gasteiger partial charge in [0.25, 0.3) is 5.56 Å². The standard InChI is InChI=1S/C25H20BrN3O2/c1-28-22-12-11-17(26)13-19(22)20(24(28)30)14-23-27-21-10-6-5-9-18(21)25(31)29(23)15-16-7-3-2-4-8-16/h2-13,20H,14-15H2,1H3/t20-/m1/s1. The summed E-state index contributed by atoms with van der Waals surface area (Å²) in [6.07, 6.45) is 0.361. The molecule has 6 heteroatoms. The van der Waals surface area contributed by atoms with Gasteiger partial charge in [-0.25, -0.2) is 4.98 Å². The zero-order chi connectivity index (χ0) is 21.5. The number of carbonyl (C=O) groups is 1. The van der Waals surface area contributed by atoms with Gasteiger partial charge in [-0.2, -0.15) is 0 Å². The number of fused-ring (bicyclic) bond motifs is 2. The van der Waals surface area contributed by atoms with Crippen molar-refractivity contribution in [1.29, 1.82) is 0 Å². The van der Waals surface area contributed by atoms with Crippen molar-refractivity contribution in [3.63, 3.8) is 0 Å². The number of aromatic nitrogens is 2. The maximum Gasteiger partial charge on any atom is 0.261 e. The van der Waals surface area contributed by atoms with Crippen LogP contribution in [0, 0.1) is 0 Å². The summed E-state index contributed by atoms with van der Waals surface area (Å²) < 4.78 is 2.63. The molecule has 5 nitrogen and oxygen atoms in total. The summed E-state index contributed by atoms with van der Waals surface area (Å²) in [6, 6.07) is 23.1. The van der Waals surface area contributed by atoms with E-state index in [1.165, 1.54) is 0 Å². The SMILES string of the molecule is CN1C(=O)[C@H](Cc2nc3ccccc3c(=O)n2Cc2ccccc2)c2cc(Br)ccc21. The molecule has 0 bridgehead atoms. The molecule has 1 atom stereocenters. The Labute approximate surface area is 188 Å². The molecule has 0 N–H and O–H groups in total. The monoisotopic (exact) mass is 473 g/mol. The number of hydrogen-bond acceptors (Lipinski definition) is 3. The number of halogens is 1. The Morgan fingerprint density at radius 1 is 0.968 bits per heavy atom. The Hall–Kier alpha value is -3.25. The fourth-order valence-electron chi connectivity index (χ4n) is 4.27. The first kappa shape index (κ1) is 19.7. The van der Waals surface area contributed by atoms with Crippen molar-refractivity contribution in [2.24, 2.45) is 0 Å². The predicted molar refractivity (Wildman–Crippen MR) is 126 cm³/mol. The van der Waals surface area contributed by atoms with Crippen molar-refractivity contribution >= 4 is 38.4 Å². The van der Waals surface area contributed by atoms with Crippen LogP contribution in [0.15, 0.2) is 82.1 Å². The van der Waals surface area contributed by atoms with Gasteiger partial charge in [0.05, 0.1) is 23.4 Å². The van der Waals surface area contributed by atoms with Gasteiger partial charge < -0.3 is 4.90 Å². The Morgan fingerprint density at radius 2 is 1.71 bits per heavy atom. The minimum atomic E-state index is -0.382. The second-order valence-corrected chi connectivity index (χ2v) is 8.69. The lowest BCUT2D eigenvalue weighted by Crippen LogP contribution is -2.30. The average Bonchev–Trinajstić information content (AvgIpc) is 3.01.